The van der Waals surface area contributed by atoms with Crippen LogP contribution in [0.15, 0.2) is 0 Å². The molecule has 0 aliphatic carbocycles. The Kier molecular flexibility index (Phi) is 6.34. The van der Waals surface area contributed by atoms with Crippen LogP contribution in [0.2, 0.25) is 0 Å². The third kappa shape index (κ3) is 3.57. The summed E-state index contributed by atoms with van der Waals surface area (Å²) in [5, 5.41) is 3.27. The van der Waals surface area contributed by atoms with Crippen LogP contribution in [0.25, 0.3) is 0 Å². The lowest BCUT2D eigenvalue weighted by Crippen LogP contribution is -2.50. The van der Waals surface area contributed by atoms with E-state index < -0.39 is 10.2 Å². The van der Waals surface area contributed by atoms with E-state index in [9.17, 15) is 8.42 Å². The fraction of sp³-hybridized carbons (Fsp3) is 1.00. The molecule has 0 atom stereocenters. The number of hydrogen-bond acceptors (Lipinski definition) is 3. The van der Waals surface area contributed by atoms with E-state index in [1.54, 1.807) is 15.7 Å². The molecule has 0 spiro atoms. The van der Waals surface area contributed by atoms with Crippen LogP contribution in [0.1, 0.15) is 32.1 Å². The van der Waals surface area contributed by atoms with Crippen molar-refractivity contribution in [1.82, 2.24) is 13.9 Å². The summed E-state index contributed by atoms with van der Waals surface area (Å²) in [5.74, 6) is 0. The number of halogens is 1. The summed E-state index contributed by atoms with van der Waals surface area (Å²) >= 11 is 0. The van der Waals surface area contributed by atoms with Crippen LogP contribution in [-0.4, -0.2) is 56.3 Å². The molecule has 0 aromatic rings. The molecule has 2 fully saturated rings. The Hall–Kier alpha value is 0.120. The normalized spacial score (nSPS) is 23.9. The molecule has 2 aliphatic rings. The van der Waals surface area contributed by atoms with E-state index in [0.29, 0.717) is 13.1 Å². The van der Waals surface area contributed by atoms with Crippen molar-refractivity contribution < 1.29 is 8.42 Å². The molecule has 0 aromatic carbocycles. The fourth-order valence-corrected chi connectivity index (χ4v) is 4.31. The first-order valence-corrected chi connectivity index (χ1v) is 7.96. The smallest absolute Gasteiger partial charge is 0.281 e. The second-order valence-electron chi connectivity index (χ2n) is 4.96. The lowest BCUT2D eigenvalue weighted by molar-refractivity contribution is 0.259. The second kappa shape index (κ2) is 7.05. The Balaban J connectivity index is 0.00000162. The van der Waals surface area contributed by atoms with Crippen LogP contribution >= 0.6 is 12.4 Å². The van der Waals surface area contributed by atoms with Gasteiger partial charge in [0, 0.05) is 26.2 Å². The Morgan fingerprint density at radius 1 is 1.11 bits per heavy atom. The van der Waals surface area contributed by atoms with Gasteiger partial charge in [-0.25, -0.2) is 0 Å². The van der Waals surface area contributed by atoms with Crippen LogP contribution in [0.5, 0.6) is 0 Å². The first-order valence-electron chi connectivity index (χ1n) is 6.56. The number of nitrogens with zero attached hydrogens (tertiary/aromatic N) is 2. The highest BCUT2D eigenvalue weighted by atomic mass is 35.5. The van der Waals surface area contributed by atoms with Gasteiger partial charge in [0.2, 0.25) is 0 Å². The molecule has 2 saturated heterocycles. The van der Waals surface area contributed by atoms with Crippen molar-refractivity contribution in [2.75, 3.05) is 33.2 Å². The monoisotopic (exact) mass is 297 g/mol. The summed E-state index contributed by atoms with van der Waals surface area (Å²) in [5.41, 5.74) is 0. The summed E-state index contributed by atoms with van der Waals surface area (Å²) in [7, 11) is -1.49. The molecule has 0 amide bonds. The maximum absolute atomic E-state index is 12.4. The summed E-state index contributed by atoms with van der Waals surface area (Å²) in [6.07, 6.45) is 4.99. The van der Waals surface area contributed by atoms with E-state index in [-0.39, 0.29) is 18.4 Å². The van der Waals surface area contributed by atoms with Gasteiger partial charge in [0.05, 0.1) is 0 Å². The number of piperidine rings is 2. The highest BCUT2D eigenvalue weighted by molar-refractivity contribution is 7.86. The van der Waals surface area contributed by atoms with E-state index in [4.69, 9.17) is 0 Å². The lowest BCUT2D eigenvalue weighted by atomic mass is 10.1. The van der Waals surface area contributed by atoms with Gasteiger partial charge in [0.25, 0.3) is 10.2 Å². The highest BCUT2D eigenvalue weighted by Crippen LogP contribution is 2.20. The van der Waals surface area contributed by atoms with E-state index in [1.807, 2.05) is 0 Å². The van der Waals surface area contributed by atoms with E-state index in [2.05, 4.69) is 5.32 Å². The number of hydrogen-bond donors (Lipinski definition) is 1. The van der Waals surface area contributed by atoms with Gasteiger partial charge in [-0.15, -0.1) is 12.4 Å². The molecule has 7 heteroatoms. The van der Waals surface area contributed by atoms with Crippen LogP contribution in [0.4, 0.5) is 0 Å². The van der Waals surface area contributed by atoms with E-state index in [1.165, 1.54) is 0 Å². The molecular formula is C11H24ClN3O2S. The quantitative estimate of drug-likeness (QED) is 0.839. The van der Waals surface area contributed by atoms with Crippen molar-refractivity contribution in [3.8, 4) is 0 Å². The molecule has 0 bridgehead atoms. The Morgan fingerprint density at radius 3 is 2.22 bits per heavy atom. The summed E-state index contributed by atoms with van der Waals surface area (Å²) < 4.78 is 28.1. The molecule has 0 unspecified atom stereocenters. The maximum atomic E-state index is 12.4. The highest BCUT2D eigenvalue weighted by Gasteiger charge is 2.33. The number of nitrogens with one attached hydrogen (secondary N) is 1. The van der Waals surface area contributed by atoms with Crippen molar-refractivity contribution in [1.29, 1.82) is 0 Å². The predicted octanol–water partition coefficient (Wildman–Crippen LogP) is 0.823. The predicted molar refractivity (Wildman–Crippen MR) is 75.2 cm³/mol. The summed E-state index contributed by atoms with van der Waals surface area (Å²) in [4.78, 5) is 0. The van der Waals surface area contributed by atoms with Crippen LogP contribution in [-0.2, 0) is 10.2 Å². The zero-order chi connectivity index (χ0) is 12.3. The van der Waals surface area contributed by atoms with Gasteiger partial charge in [0.1, 0.15) is 0 Å². The number of rotatable bonds is 3. The van der Waals surface area contributed by atoms with Gasteiger partial charge >= 0.3 is 0 Å². The summed E-state index contributed by atoms with van der Waals surface area (Å²) in [6.45, 7) is 3.23. The van der Waals surface area contributed by atoms with Crippen molar-refractivity contribution in [2.45, 2.75) is 38.1 Å². The molecule has 0 saturated carbocycles. The average molecular weight is 298 g/mol. The van der Waals surface area contributed by atoms with Crippen molar-refractivity contribution in [3.05, 3.63) is 0 Å². The molecule has 2 rings (SSSR count). The van der Waals surface area contributed by atoms with Gasteiger partial charge in [-0.05, 0) is 38.8 Å². The van der Waals surface area contributed by atoms with Gasteiger partial charge in [-0.3, -0.25) is 0 Å². The Bertz CT molecular complexity index is 338. The van der Waals surface area contributed by atoms with Gasteiger partial charge < -0.3 is 5.32 Å². The van der Waals surface area contributed by atoms with Crippen molar-refractivity contribution >= 4 is 22.6 Å². The molecule has 108 valence electrons. The second-order valence-corrected chi connectivity index (χ2v) is 6.95. The first-order chi connectivity index (χ1) is 8.12. The average Bonchev–Trinajstić information content (AvgIpc) is 2.40. The minimum atomic E-state index is -3.22. The zero-order valence-corrected chi connectivity index (χ0v) is 12.6. The van der Waals surface area contributed by atoms with Gasteiger partial charge in [0.15, 0.2) is 0 Å². The third-order valence-electron chi connectivity index (χ3n) is 3.83. The lowest BCUT2D eigenvalue weighted by Gasteiger charge is -2.36. The maximum Gasteiger partial charge on any atom is 0.281 e. The molecule has 2 heterocycles. The van der Waals surface area contributed by atoms with Crippen LogP contribution in [0.3, 0.4) is 0 Å². The van der Waals surface area contributed by atoms with E-state index >= 15 is 0 Å². The largest absolute Gasteiger partial charge is 0.317 e. The molecule has 2 aliphatic heterocycles. The zero-order valence-electron chi connectivity index (χ0n) is 11.0. The molecular weight excluding hydrogens is 274 g/mol. The Morgan fingerprint density at radius 2 is 1.67 bits per heavy atom. The minimum absolute atomic E-state index is 0. The SMILES string of the molecule is CN(C1CCNCC1)S(=O)(=O)N1CCCCC1.Cl. The first kappa shape index (κ1) is 16.2. The summed E-state index contributed by atoms with van der Waals surface area (Å²) in [6, 6.07) is 0.170. The molecule has 1 N–H and O–H groups in total. The van der Waals surface area contributed by atoms with Crippen molar-refractivity contribution in [3.63, 3.8) is 0 Å². The molecule has 0 radical (unpaired) electrons. The molecule has 5 nitrogen and oxygen atoms in total. The minimum Gasteiger partial charge on any atom is -0.317 e. The standard InChI is InChI=1S/C11H23N3O2S.ClH/c1-13(11-5-7-12-8-6-11)17(15,16)14-9-3-2-4-10-14;/h11-12H,2-10H2,1H3;1H. The topological polar surface area (TPSA) is 52.7 Å². The Labute approximate surface area is 116 Å². The van der Waals surface area contributed by atoms with Crippen molar-refractivity contribution in [2.24, 2.45) is 0 Å². The van der Waals surface area contributed by atoms with E-state index in [0.717, 1.165) is 45.2 Å². The fourth-order valence-electron chi connectivity index (χ4n) is 2.64. The third-order valence-corrected chi connectivity index (χ3v) is 5.87. The van der Waals surface area contributed by atoms with Gasteiger partial charge in [-0.2, -0.15) is 17.0 Å². The van der Waals surface area contributed by atoms with Gasteiger partial charge in [-0.1, -0.05) is 6.42 Å². The molecule has 18 heavy (non-hydrogen) atoms. The molecule has 0 aromatic heterocycles. The van der Waals surface area contributed by atoms with Crippen LogP contribution in [0, 0.1) is 0 Å². The van der Waals surface area contributed by atoms with Crippen LogP contribution < -0.4 is 5.32 Å².